The first-order valence-electron chi connectivity index (χ1n) is 5.30. The highest BCUT2D eigenvalue weighted by molar-refractivity contribution is 6.34. The summed E-state index contributed by atoms with van der Waals surface area (Å²) in [5, 5.41) is 31.6. The molecule has 6 nitrogen and oxygen atoms in total. The largest absolute Gasteiger partial charge is 0.355 e. The van der Waals surface area contributed by atoms with Gasteiger partial charge in [-0.25, -0.2) is 0 Å². The van der Waals surface area contributed by atoms with Gasteiger partial charge in [0.2, 0.25) is 0 Å². The molecule has 0 aliphatic rings. The lowest BCUT2D eigenvalue weighted by Crippen LogP contribution is -2.18. The van der Waals surface area contributed by atoms with Crippen LogP contribution in [0.1, 0.15) is 10.4 Å². The van der Waals surface area contributed by atoms with E-state index >= 15 is 0 Å². The number of allylic oxidation sites excluding steroid dienone is 2. The summed E-state index contributed by atoms with van der Waals surface area (Å²) >= 11 is 5.95. The Morgan fingerprint density at radius 3 is 2.30 bits per heavy atom. The second kappa shape index (κ2) is 6.80. The lowest BCUT2D eigenvalue weighted by molar-refractivity contribution is 0.0963. The van der Waals surface area contributed by atoms with Crippen molar-refractivity contribution in [1.82, 2.24) is 5.32 Å². The molecule has 1 aromatic carbocycles. The van der Waals surface area contributed by atoms with E-state index in [0.29, 0.717) is 5.69 Å². The van der Waals surface area contributed by atoms with Crippen LogP contribution in [-0.2, 0) is 0 Å². The number of carbonyl (C=O) groups excluding carboxylic acids is 1. The third kappa shape index (κ3) is 3.26. The quantitative estimate of drug-likeness (QED) is 0.824. The molecule has 0 heterocycles. The van der Waals surface area contributed by atoms with Crippen molar-refractivity contribution in [2.45, 2.75) is 0 Å². The van der Waals surface area contributed by atoms with Gasteiger partial charge in [0.15, 0.2) is 5.57 Å². The average molecular weight is 286 g/mol. The van der Waals surface area contributed by atoms with Gasteiger partial charge in [-0.1, -0.05) is 11.6 Å². The van der Waals surface area contributed by atoms with E-state index < -0.39 is 0 Å². The monoisotopic (exact) mass is 285 g/mol. The second-order valence-corrected chi connectivity index (χ2v) is 3.89. The first-order chi connectivity index (χ1) is 9.57. The summed E-state index contributed by atoms with van der Waals surface area (Å²) in [6.07, 6.45) is 0. The van der Waals surface area contributed by atoms with E-state index in [0.717, 1.165) is 0 Å². The Bertz CT molecular complexity index is 687. The van der Waals surface area contributed by atoms with Crippen molar-refractivity contribution in [3.05, 3.63) is 40.1 Å². The number of carbonyl (C=O) groups is 1. The Balaban J connectivity index is 3.14. The van der Waals surface area contributed by atoms with Gasteiger partial charge < -0.3 is 10.6 Å². The molecule has 0 unspecified atom stereocenters. The fraction of sp³-hybridized carbons (Fsp3) is 0.0769. The highest BCUT2D eigenvalue weighted by Crippen LogP contribution is 2.22. The van der Waals surface area contributed by atoms with Gasteiger partial charge in [-0.3, -0.25) is 4.79 Å². The van der Waals surface area contributed by atoms with E-state index in [9.17, 15) is 4.79 Å². The average Bonchev–Trinajstić information content (AvgIpc) is 2.46. The summed E-state index contributed by atoms with van der Waals surface area (Å²) in [4.78, 5) is 11.5. The minimum Gasteiger partial charge on any atom is -0.355 e. The molecule has 7 heteroatoms. The van der Waals surface area contributed by atoms with Crippen LogP contribution in [0.3, 0.4) is 0 Å². The number of rotatable bonds is 3. The van der Waals surface area contributed by atoms with Crippen LogP contribution in [0.15, 0.2) is 29.5 Å². The molecule has 0 aromatic heterocycles. The molecule has 0 bridgehead atoms. The molecule has 2 N–H and O–H groups in total. The van der Waals surface area contributed by atoms with Gasteiger partial charge in [-0.15, -0.1) is 0 Å². The summed E-state index contributed by atoms with van der Waals surface area (Å²) in [7, 11) is 1.48. The SMILES string of the molecule is CNC(=O)c1ccc(NC(C#N)=C(C#N)C#N)cc1Cl. The highest BCUT2D eigenvalue weighted by Gasteiger charge is 2.11. The van der Waals surface area contributed by atoms with Gasteiger partial charge in [-0.05, 0) is 18.2 Å². The Hall–Kier alpha value is -3.01. The molecule has 0 fully saturated rings. The molecule has 20 heavy (non-hydrogen) atoms. The van der Waals surface area contributed by atoms with Crippen LogP contribution in [0, 0.1) is 34.0 Å². The maximum absolute atomic E-state index is 11.5. The van der Waals surface area contributed by atoms with Crippen LogP contribution in [0.5, 0.6) is 0 Å². The predicted octanol–water partition coefficient (Wildman–Crippen LogP) is 1.94. The molecule has 0 aliphatic carbocycles. The number of nitrogens with one attached hydrogen (secondary N) is 2. The predicted molar refractivity (Wildman–Crippen MR) is 72.3 cm³/mol. The van der Waals surface area contributed by atoms with Crippen molar-refractivity contribution in [2.24, 2.45) is 0 Å². The topological polar surface area (TPSA) is 112 Å². The molecule has 0 saturated carbocycles. The molecule has 0 radical (unpaired) electrons. The normalized spacial score (nSPS) is 8.55. The van der Waals surface area contributed by atoms with E-state index in [1.165, 1.54) is 25.2 Å². The van der Waals surface area contributed by atoms with E-state index in [1.54, 1.807) is 18.2 Å². The van der Waals surface area contributed by atoms with E-state index in [4.69, 9.17) is 27.4 Å². The van der Waals surface area contributed by atoms with Crippen molar-refractivity contribution in [3.8, 4) is 18.2 Å². The van der Waals surface area contributed by atoms with Crippen molar-refractivity contribution >= 4 is 23.2 Å². The van der Waals surface area contributed by atoms with E-state index in [1.807, 2.05) is 0 Å². The lowest BCUT2D eigenvalue weighted by atomic mass is 10.1. The molecule has 1 amide bonds. The Morgan fingerprint density at radius 2 is 1.85 bits per heavy atom. The number of amides is 1. The van der Waals surface area contributed by atoms with Crippen molar-refractivity contribution < 1.29 is 4.79 Å². The zero-order valence-electron chi connectivity index (χ0n) is 10.4. The summed E-state index contributed by atoms with van der Waals surface area (Å²) in [6, 6.07) is 9.36. The standard InChI is InChI=1S/C13H8ClN5O/c1-18-13(20)10-3-2-9(4-11(10)14)19-12(7-17)8(5-15)6-16/h2-4,19H,1H3,(H,18,20). The third-order valence-corrected chi connectivity index (χ3v) is 2.61. The maximum Gasteiger partial charge on any atom is 0.252 e. The molecule has 0 saturated heterocycles. The van der Waals surface area contributed by atoms with Gasteiger partial charge in [0.1, 0.15) is 23.9 Å². The van der Waals surface area contributed by atoms with Crippen LogP contribution in [0.4, 0.5) is 5.69 Å². The number of halogens is 1. The Morgan fingerprint density at radius 1 is 1.20 bits per heavy atom. The van der Waals surface area contributed by atoms with E-state index in [-0.39, 0.29) is 27.8 Å². The molecule has 1 rings (SSSR count). The fourth-order valence-electron chi connectivity index (χ4n) is 1.34. The van der Waals surface area contributed by atoms with Crippen LogP contribution in [0.2, 0.25) is 5.02 Å². The van der Waals surface area contributed by atoms with Crippen molar-refractivity contribution in [1.29, 1.82) is 15.8 Å². The molecule has 0 aliphatic heterocycles. The number of hydrogen-bond acceptors (Lipinski definition) is 5. The molecular formula is C13H8ClN5O. The molecule has 98 valence electrons. The summed E-state index contributed by atoms with van der Waals surface area (Å²) in [6.45, 7) is 0. The lowest BCUT2D eigenvalue weighted by Gasteiger charge is -2.08. The van der Waals surface area contributed by atoms with Gasteiger partial charge >= 0.3 is 0 Å². The fourth-order valence-corrected chi connectivity index (χ4v) is 1.61. The van der Waals surface area contributed by atoms with Gasteiger partial charge in [0, 0.05) is 12.7 Å². The molecule has 0 atom stereocenters. The highest BCUT2D eigenvalue weighted by atomic mass is 35.5. The zero-order chi connectivity index (χ0) is 15.1. The van der Waals surface area contributed by atoms with Gasteiger partial charge in [-0.2, -0.15) is 15.8 Å². The maximum atomic E-state index is 11.5. The third-order valence-electron chi connectivity index (χ3n) is 2.30. The van der Waals surface area contributed by atoms with Crippen LogP contribution >= 0.6 is 11.6 Å². The van der Waals surface area contributed by atoms with Crippen molar-refractivity contribution in [3.63, 3.8) is 0 Å². The minimum absolute atomic E-state index is 0.182. The van der Waals surface area contributed by atoms with E-state index in [2.05, 4.69) is 10.6 Å². The second-order valence-electron chi connectivity index (χ2n) is 3.48. The molecule has 1 aromatic rings. The zero-order valence-corrected chi connectivity index (χ0v) is 11.1. The smallest absolute Gasteiger partial charge is 0.252 e. The van der Waals surface area contributed by atoms with Crippen molar-refractivity contribution in [2.75, 3.05) is 12.4 Å². The van der Waals surface area contributed by atoms with Crippen LogP contribution in [-0.4, -0.2) is 13.0 Å². The Kier molecular flexibility index (Phi) is 5.12. The molecular weight excluding hydrogens is 278 g/mol. The van der Waals surface area contributed by atoms with Gasteiger partial charge in [0.05, 0.1) is 10.6 Å². The number of hydrogen-bond donors (Lipinski definition) is 2. The number of nitrogens with zero attached hydrogens (tertiary/aromatic N) is 3. The van der Waals surface area contributed by atoms with Crippen LogP contribution in [0.25, 0.3) is 0 Å². The number of benzene rings is 1. The summed E-state index contributed by atoms with van der Waals surface area (Å²) < 4.78 is 0. The number of nitriles is 3. The minimum atomic E-state index is -0.340. The van der Waals surface area contributed by atoms with Gasteiger partial charge in [0.25, 0.3) is 5.91 Å². The summed E-state index contributed by atoms with van der Waals surface area (Å²) in [5.74, 6) is -0.340. The van der Waals surface area contributed by atoms with Crippen LogP contribution < -0.4 is 10.6 Å². The Labute approximate surface area is 120 Å². The number of anilines is 1. The molecule has 0 spiro atoms. The first-order valence-corrected chi connectivity index (χ1v) is 5.68. The summed E-state index contributed by atoms with van der Waals surface area (Å²) in [5.41, 5.74) is 0.156. The first kappa shape index (κ1) is 15.0.